The monoisotopic (exact) mass is 253 g/mol. The summed E-state index contributed by atoms with van der Waals surface area (Å²) < 4.78 is 5.03. The first-order valence-corrected chi connectivity index (χ1v) is 5.19. The molecule has 78 valence electrons. The summed E-state index contributed by atoms with van der Waals surface area (Å²) in [4.78, 5) is 1.79. The number of methoxy groups -OCH3 is 1. The molecule has 0 atom stereocenters. The molecule has 5 heteroatoms. The smallest absolute Gasteiger partial charge is 0.139 e. The number of nitrogens with zero attached hydrogens (tertiary/aromatic N) is 1. The van der Waals surface area contributed by atoms with Crippen molar-refractivity contribution < 1.29 is 4.74 Å². The van der Waals surface area contributed by atoms with Crippen LogP contribution in [-0.4, -0.2) is 20.2 Å². The van der Waals surface area contributed by atoms with Gasteiger partial charge >= 0.3 is 0 Å². The molecule has 0 saturated heterocycles. The maximum Gasteiger partial charge on any atom is 0.139 e. The molecule has 0 spiro atoms. The van der Waals surface area contributed by atoms with Gasteiger partial charge in [0.1, 0.15) is 5.75 Å². The highest BCUT2D eigenvalue weighted by atomic mass is 35.5. The van der Waals surface area contributed by atoms with Crippen LogP contribution < -0.4 is 9.64 Å². The topological polar surface area (TPSA) is 12.5 Å². The Morgan fingerprint density at radius 1 is 1.29 bits per heavy atom. The van der Waals surface area contributed by atoms with Gasteiger partial charge in [-0.05, 0) is 6.07 Å². The van der Waals surface area contributed by atoms with Crippen molar-refractivity contribution in [1.29, 1.82) is 0 Å². The van der Waals surface area contributed by atoms with Crippen LogP contribution in [0.2, 0.25) is 10.0 Å². The molecule has 1 rings (SSSR count). The van der Waals surface area contributed by atoms with E-state index in [0.29, 0.717) is 21.8 Å². The van der Waals surface area contributed by atoms with Crippen LogP contribution in [0.5, 0.6) is 5.75 Å². The predicted octanol–water partition coefficient (Wildman–Crippen LogP) is 3.63. The van der Waals surface area contributed by atoms with E-state index in [2.05, 4.69) is 0 Å². The minimum absolute atomic E-state index is 0.350. The van der Waals surface area contributed by atoms with E-state index in [-0.39, 0.29) is 0 Å². The Bertz CT molecular complexity index is 330. The van der Waals surface area contributed by atoms with Crippen molar-refractivity contribution in [3.8, 4) is 5.75 Å². The average Bonchev–Trinajstić information content (AvgIpc) is 2.19. The summed E-state index contributed by atoms with van der Waals surface area (Å²) in [5, 5.41) is 1.08. The van der Waals surface area contributed by atoms with E-state index in [4.69, 9.17) is 39.5 Å². The lowest BCUT2D eigenvalue weighted by molar-refractivity contribution is 0.415. The van der Waals surface area contributed by atoms with Crippen LogP contribution in [0.25, 0.3) is 0 Å². The van der Waals surface area contributed by atoms with E-state index in [1.165, 1.54) is 0 Å². The normalized spacial score (nSPS) is 10.1. The number of anilines is 1. The zero-order chi connectivity index (χ0) is 10.7. The first-order chi connectivity index (χ1) is 6.60. The van der Waals surface area contributed by atoms with Gasteiger partial charge in [0.25, 0.3) is 0 Å². The second-order valence-corrected chi connectivity index (χ2v) is 3.81. The summed E-state index contributed by atoms with van der Waals surface area (Å²) in [5.41, 5.74) is 0.785. The molecule has 0 unspecified atom stereocenters. The number of alkyl halides is 1. The van der Waals surface area contributed by atoms with Crippen LogP contribution in [-0.2, 0) is 0 Å². The molecule has 0 aliphatic rings. The molecule has 0 saturated carbocycles. The van der Waals surface area contributed by atoms with Gasteiger partial charge < -0.3 is 9.64 Å². The lowest BCUT2D eigenvalue weighted by atomic mass is 10.3. The Morgan fingerprint density at radius 3 is 2.43 bits per heavy atom. The highest BCUT2D eigenvalue weighted by molar-refractivity contribution is 6.36. The first kappa shape index (κ1) is 11.8. The van der Waals surface area contributed by atoms with E-state index < -0.39 is 0 Å². The number of halogens is 3. The third-order valence-electron chi connectivity index (χ3n) is 1.81. The number of rotatable bonds is 3. The molecular weight excluding hydrogens is 244 g/mol. The minimum Gasteiger partial charge on any atom is -0.495 e. The van der Waals surface area contributed by atoms with E-state index in [1.807, 2.05) is 7.05 Å². The van der Waals surface area contributed by atoms with E-state index >= 15 is 0 Å². The van der Waals surface area contributed by atoms with Crippen LogP contribution in [0.4, 0.5) is 5.69 Å². The number of benzene rings is 1. The average molecular weight is 255 g/mol. The molecular formula is C9H10Cl3NO. The number of hydrogen-bond acceptors (Lipinski definition) is 2. The van der Waals surface area contributed by atoms with Crippen molar-refractivity contribution in [2.75, 3.05) is 25.1 Å². The van der Waals surface area contributed by atoms with Crippen LogP contribution in [0, 0.1) is 0 Å². The van der Waals surface area contributed by atoms with Crippen molar-refractivity contribution in [3.63, 3.8) is 0 Å². The fourth-order valence-electron chi connectivity index (χ4n) is 1.03. The van der Waals surface area contributed by atoms with Gasteiger partial charge in [0.05, 0.1) is 28.8 Å². The van der Waals surface area contributed by atoms with Crippen molar-refractivity contribution >= 4 is 40.5 Å². The predicted molar refractivity (Wildman–Crippen MR) is 62.1 cm³/mol. The van der Waals surface area contributed by atoms with Gasteiger partial charge in [0.15, 0.2) is 0 Å². The zero-order valence-electron chi connectivity index (χ0n) is 7.85. The molecule has 0 aliphatic heterocycles. The maximum absolute atomic E-state index is 6.01. The van der Waals surface area contributed by atoms with Gasteiger partial charge in [-0.15, -0.1) is 11.6 Å². The van der Waals surface area contributed by atoms with Crippen molar-refractivity contribution in [2.45, 2.75) is 0 Å². The van der Waals surface area contributed by atoms with Crippen LogP contribution in [0.3, 0.4) is 0 Å². The first-order valence-electron chi connectivity index (χ1n) is 3.90. The molecule has 0 amide bonds. The maximum atomic E-state index is 6.01. The highest BCUT2D eigenvalue weighted by Gasteiger charge is 2.10. The van der Waals surface area contributed by atoms with Gasteiger partial charge in [0, 0.05) is 13.1 Å². The Kier molecular flexibility index (Phi) is 4.17. The molecule has 14 heavy (non-hydrogen) atoms. The molecule has 0 aromatic heterocycles. The summed E-state index contributed by atoms with van der Waals surface area (Å²) in [7, 11) is 3.37. The lowest BCUT2D eigenvalue weighted by Crippen LogP contribution is -2.14. The van der Waals surface area contributed by atoms with Gasteiger partial charge in [-0.1, -0.05) is 23.2 Å². The fourth-order valence-corrected chi connectivity index (χ4v) is 1.69. The second-order valence-electron chi connectivity index (χ2n) is 2.76. The lowest BCUT2D eigenvalue weighted by Gasteiger charge is -2.18. The quantitative estimate of drug-likeness (QED) is 0.603. The fraction of sp³-hybridized carbons (Fsp3) is 0.333. The summed E-state index contributed by atoms with van der Waals surface area (Å²) in [5.74, 6) is 0.559. The third-order valence-corrected chi connectivity index (χ3v) is 2.77. The number of ether oxygens (including phenoxy) is 1. The molecule has 0 radical (unpaired) electrons. The van der Waals surface area contributed by atoms with Crippen molar-refractivity contribution in [2.24, 2.45) is 0 Å². The zero-order valence-corrected chi connectivity index (χ0v) is 10.1. The SMILES string of the molecule is COc1cc(Cl)c(N(C)CCl)cc1Cl. The largest absolute Gasteiger partial charge is 0.495 e. The van der Waals surface area contributed by atoms with Gasteiger partial charge in [-0.3, -0.25) is 0 Å². The summed E-state index contributed by atoms with van der Waals surface area (Å²) in [6, 6.07) is 3.75. The van der Waals surface area contributed by atoms with Crippen LogP contribution in [0.1, 0.15) is 0 Å². The molecule has 0 fully saturated rings. The van der Waals surface area contributed by atoms with Crippen molar-refractivity contribution in [1.82, 2.24) is 0 Å². The Hall–Kier alpha value is -0.310. The Balaban J connectivity index is 3.14. The van der Waals surface area contributed by atoms with Crippen LogP contribution >= 0.6 is 34.8 Å². The molecule has 0 bridgehead atoms. The van der Waals surface area contributed by atoms with Gasteiger partial charge in [0.2, 0.25) is 0 Å². The van der Waals surface area contributed by atoms with E-state index in [1.54, 1.807) is 24.1 Å². The molecule has 2 nitrogen and oxygen atoms in total. The summed E-state index contributed by atoms with van der Waals surface area (Å²) in [6.07, 6.45) is 0. The Morgan fingerprint density at radius 2 is 1.93 bits per heavy atom. The molecule has 0 heterocycles. The number of hydrogen-bond donors (Lipinski definition) is 0. The second kappa shape index (κ2) is 4.96. The summed E-state index contributed by atoms with van der Waals surface area (Å²) >= 11 is 17.6. The van der Waals surface area contributed by atoms with Gasteiger partial charge in [-0.25, -0.2) is 0 Å². The highest BCUT2D eigenvalue weighted by Crippen LogP contribution is 2.35. The summed E-state index contributed by atoms with van der Waals surface area (Å²) in [6.45, 7) is 0. The van der Waals surface area contributed by atoms with E-state index in [0.717, 1.165) is 5.69 Å². The van der Waals surface area contributed by atoms with Gasteiger partial charge in [-0.2, -0.15) is 0 Å². The molecule has 1 aromatic rings. The minimum atomic E-state index is 0.350. The third kappa shape index (κ3) is 2.38. The molecule has 0 aliphatic carbocycles. The van der Waals surface area contributed by atoms with E-state index in [9.17, 15) is 0 Å². The molecule has 0 N–H and O–H groups in total. The molecule has 1 aromatic carbocycles. The van der Waals surface area contributed by atoms with Crippen LogP contribution in [0.15, 0.2) is 12.1 Å². The standard InChI is InChI=1S/C9H10Cl3NO/c1-13(5-10)8-3-7(12)9(14-2)4-6(8)11/h3-4H,5H2,1-2H3. The Labute approximate surface area is 98.3 Å². The van der Waals surface area contributed by atoms with Crippen molar-refractivity contribution in [3.05, 3.63) is 22.2 Å².